The quantitative estimate of drug-likeness (QED) is 0.797. The molecule has 2 heterocycles. The molecular formula is C20H25N3O3. The minimum Gasteiger partial charge on any atom is -0.497 e. The van der Waals surface area contributed by atoms with Gasteiger partial charge in [-0.1, -0.05) is 19.9 Å². The minimum absolute atomic E-state index is 0.0590. The fourth-order valence-corrected chi connectivity index (χ4v) is 3.00. The zero-order valence-corrected chi connectivity index (χ0v) is 15.7. The third-order valence-electron chi connectivity index (χ3n) is 4.31. The molecule has 0 radical (unpaired) electrons. The van der Waals surface area contributed by atoms with Gasteiger partial charge in [-0.05, 0) is 25.0 Å². The van der Waals surface area contributed by atoms with Crippen LogP contribution in [0.4, 0.5) is 0 Å². The molecule has 1 atom stereocenters. The lowest BCUT2D eigenvalue weighted by Crippen LogP contribution is -2.37. The Labute approximate surface area is 154 Å². The molecule has 0 bridgehead atoms. The largest absolute Gasteiger partial charge is 0.497 e. The first-order valence-electron chi connectivity index (χ1n) is 8.89. The van der Waals surface area contributed by atoms with Crippen molar-refractivity contribution in [1.29, 1.82) is 0 Å². The number of amides is 1. The van der Waals surface area contributed by atoms with Crippen molar-refractivity contribution in [3.63, 3.8) is 0 Å². The molecule has 3 rings (SSSR count). The standard InChI is InChI=1S/C20H25N3O3/c1-13(2)8-19-21-10-15-11-23(12-18(15)22-19)20(24)14(3)26-17-7-5-6-16(9-17)25-4/h5-7,9-10,13-14H,8,11-12H2,1-4H3. The number of ether oxygens (including phenoxy) is 2. The number of hydrogen-bond acceptors (Lipinski definition) is 5. The summed E-state index contributed by atoms with van der Waals surface area (Å²) in [5.74, 6) is 2.60. The molecule has 0 aliphatic carbocycles. The van der Waals surface area contributed by atoms with E-state index in [1.165, 1.54) is 0 Å². The molecule has 0 saturated heterocycles. The summed E-state index contributed by atoms with van der Waals surface area (Å²) in [4.78, 5) is 23.6. The number of rotatable bonds is 6. The highest BCUT2D eigenvalue weighted by molar-refractivity contribution is 5.81. The number of nitrogens with zero attached hydrogens (tertiary/aromatic N) is 3. The highest BCUT2D eigenvalue weighted by Crippen LogP contribution is 2.24. The molecule has 1 amide bonds. The molecule has 6 nitrogen and oxygen atoms in total. The van der Waals surface area contributed by atoms with Gasteiger partial charge in [0.25, 0.3) is 5.91 Å². The Morgan fingerprint density at radius 3 is 2.73 bits per heavy atom. The summed E-state index contributed by atoms with van der Waals surface area (Å²) >= 11 is 0. The average molecular weight is 355 g/mol. The van der Waals surface area contributed by atoms with E-state index >= 15 is 0 Å². The Morgan fingerprint density at radius 1 is 1.23 bits per heavy atom. The summed E-state index contributed by atoms with van der Waals surface area (Å²) in [6.45, 7) is 7.09. The van der Waals surface area contributed by atoms with Crippen molar-refractivity contribution in [1.82, 2.24) is 14.9 Å². The van der Waals surface area contributed by atoms with Gasteiger partial charge in [0.15, 0.2) is 6.10 Å². The van der Waals surface area contributed by atoms with E-state index in [2.05, 4.69) is 23.8 Å². The molecule has 0 N–H and O–H groups in total. The van der Waals surface area contributed by atoms with E-state index in [1.807, 2.05) is 24.4 Å². The van der Waals surface area contributed by atoms with Gasteiger partial charge in [0, 0.05) is 30.8 Å². The second-order valence-electron chi connectivity index (χ2n) is 6.99. The van der Waals surface area contributed by atoms with E-state index in [1.54, 1.807) is 25.0 Å². The fraction of sp³-hybridized carbons (Fsp3) is 0.450. The predicted molar refractivity (Wildman–Crippen MR) is 97.9 cm³/mol. The van der Waals surface area contributed by atoms with Crippen molar-refractivity contribution in [2.45, 2.75) is 46.4 Å². The van der Waals surface area contributed by atoms with Crippen LogP contribution < -0.4 is 9.47 Å². The number of methoxy groups -OCH3 is 1. The van der Waals surface area contributed by atoms with Crippen LogP contribution in [0.5, 0.6) is 11.5 Å². The first-order chi connectivity index (χ1) is 12.5. The second kappa shape index (κ2) is 7.72. The average Bonchev–Trinajstić information content (AvgIpc) is 3.03. The van der Waals surface area contributed by atoms with Gasteiger partial charge in [-0.15, -0.1) is 0 Å². The monoisotopic (exact) mass is 355 g/mol. The van der Waals surface area contributed by atoms with Crippen molar-refractivity contribution < 1.29 is 14.3 Å². The van der Waals surface area contributed by atoms with Gasteiger partial charge < -0.3 is 14.4 Å². The number of hydrogen-bond donors (Lipinski definition) is 0. The zero-order chi connectivity index (χ0) is 18.7. The van der Waals surface area contributed by atoms with Gasteiger partial charge in [-0.25, -0.2) is 9.97 Å². The molecule has 6 heteroatoms. The molecule has 1 aliphatic rings. The van der Waals surface area contributed by atoms with Gasteiger partial charge >= 0.3 is 0 Å². The van der Waals surface area contributed by atoms with Crippen LogP contribution in [0.15, 0.2) is 30.5 Å². The van der Waals surface area contributed by atoms with E-state index in [4.69, 9.17) is 9.47 Å². The van der Waals surface area contributed by atoms with Crippen LogP contribution in [-0.2, 0) is 24.3 Å². The van der Waals surface area contributed by atoms with Gasteiger partial charge in [-0.3, -0.25) is 4.79 Å². The number of carbonyl (C=O) groups is 1. The lowest BCUT2D eigenvalue weighted by atomic mass is 10.1. The Balaban J connectivity index is 1.64. The first kappa shape index (κ1) is 18.2. The molecule has 1 unspecified atom stereocenters. The van der Waals surface area contributed by atoms with Crippen molar-refractivity contribution in [3.05, 3.63) is 47.5 Å². The van der Waals surface area contributed by atoms with Gasteiger partial charge in [0.05, 0.1) is 19.3 Å². The third kappa shape index (κ3) is 4.12. The highest BCUT2D eigenvalue weighted by atomic mass is 16.5. The Morgan fingerprint density at radius 2 is 2.00 bits per heavy atom. The molecule has 0 spiro atoms. The van der Waals surface area contributed by atoms with Crippen LogP contribution in [0.3, 0.4) is 0 Å². The van der Waals surface area contributed by atoms with Crippen molar-refractivity contribution in [2.75, 3.05) is 7.11 Å². The normalized spacial score (nSPS) is 14.3. The maximum absolute atomic E-state index is 12.8. The van der Waals surface area contributed by atoms with Crippen molar-refractivity contribution >= 4 is 5.91 Å². The van der Waals surface area contributed by atoms with Gasteiger partial charge in [0.2, 0.25) is 0 Å². The molecule has 0 saturated carbocycles. The zero-order valence-electron chi connectivity index (χ0n) is 15.7. The van der Waals surface area contributed by atoms with Crippen molar-refractivity contribution in [2.24, 2.45) is 5.92 Å². The van der Waals surface area contributed by atoms with Gasteiger partial charge in [-0.2, -0.15) is 0 Å². The summed E-state index contributed by atoms with van der Waals surface area (Å²) in [6.07, 6.45) is 2.11. The second-order valence-corrected chi connectivity index (χ2v) is 6.99. The van der Waals surface area contributed by atoms with Gasteiger partial charge in [0.1, 0.15) is 17.3 Å². The lowest BCUT2D eigenvalue weighted by molar-refractivity contribution is -0.138. The molecule has 26 heavy (non-hydrogen) atoms. The molecule has 0 fully saturated rings. The van der Waals surface area contributed by atoms with E-state index < -0.39 is 6.10 Å². The van der Waals surface area contributed by atoms with Crippen LogP contribution in [0, 0.1) is 5.92 Å². The Kier molecular flexibility index (Phi) is 5.40. The fourth-order valence-electron chi connectivity index (χ4n) is 3.00. The molecule has 1 aromatic heterocycles. The van der Waals surface area contributed by atoms with E-state index in [9.17, 15) is 4.79 Å². The number of fused-ring (bicyclic) bond motifs is 1. The van der Waals surface area contributed by atoms with Crippen LogP contribution in [0.2, 0.25) is 0 Å². The predicted octanol–water partition coefficient (Wildman–Crippen LogP) is 2.99. The minimum atomic E-state index is -0.584. The third-order valence-corrected chi connectivity index (χ3v) is 4.31. The Bertz CT molecular complexity index is 792. The van der Waals surface area contributed by atoms with Crippen LogP contribution in [0.1, 0.15) is 37.9 Å². The number of carbonyl (C=O) groups excluding carboxylic acids is 1. The number of aromatic nitrogens is 2. The molecule has 138 valence electrons. The number of benzene rings is 1. The van der Waals surface area contributed by atoms with Crippen LogP contribution in [0.25, 0.3) is 0 Å². The molecular weight excluding hydrogens is 330 g/mol. The Hall–Kier alpha value is -2.63. The van der Waals surface area contributed by atoms with E-state index in [-0.39, 0.29) is 5.91 Å². The molecule has 2 aromatic rings. The maximum Gasteiger partial charge on any atom is 0.264 e. The summed E-state index contributed by atoms with van der Waals surface area (Å²) in [7, 11) is 1.60. The lowest BCUT2D eigenvalue weighted by Gasteiger charge is -2.21. The molecule has 1 aliphatic heterocycles. The van der Waals surface area contributed by atoms with E-state index in [0.717, 1.165) is 23.5 Å². The molecule has 1 aromatic carbocycles. The first-order valence-corrected chi connectivity index (χ1v) is 8.89. The summed E-state index contributed by atoms with van der Waals surface area (Å²) in [5.41, 5.74) is 1.96. The summed E-state index contributed by atoms with van der Waals surface area (Å²) in [6, 6.07) is 7.26. The van der Waals surface area contributed by atoms with Crippen LogP contribution >= 0.6 is 0 Å². The summed E-state index contributed by atoms with van der Waals surface area (Å²) < 4.78 is 11.0. The maximum atomic E-state index is 12.8. The SMILES string of the molecule is COc1cccc(OC(C)C(=O)N2Cc3cnc(CC(C)C)nc3C2)c1. The summed E-state index contributed by atoms with van der Waals surface area (Å²) in [5, 5.41) is 0. The van der Waals surface area contributed by atoms with Crippen molar-refractivity contribution in [3.8, 4) is 11.5 Å². The topological polar surface area (TPSA) is 64.6 Å². The van der Waals surface area contributed by atoms with Crippen LogP contribution in [-0.4, -0.2) is 34.0 Å². The van der Waals surface area contributed by atoms with E-state index in [0.29, 0.717) is 30.5 Å². The smallest absolute Gasteiger partial charge is 0.264 e. The highest BCUT2D eigenvalue weighted by Gasteiger charge is 2.29.